The Morgan fingerprint density at radius 1 is 1.16 bits per heavy atom. The van der Waals surface area contributed by atoms with Crippen LogP contribution >= 0.6 is 11.6 Å². The van der Waals surface area contributed by atoms with Gasteiger partial charge in [-0.1, -0.05) is 11.6 Å². The molecule has 2 aromatic carbocycles. The first-order valence-corrected chi connectivity index (χ1v) is 11.5. The number of benzene rings is 2. The molecule has 0 fully saturated rings. The van der Waals surface area contributed by atoms with E-state index in [0.29, 0.717) is 16.1 Å². The molecule has 11 heteroatoms. The van der Waals surface area contributed by atoms with Crippen molar-refractivity contribution < 1.29 is 27.1 Å². The quantitative estimate of drug-likeness (QED) is 0.194. The third kappa shape index (κ3) is 8.21. The van der Waals surface area contributed by atoms with Crippen molar-refractivity contribution >= 4 is 39.8 Å². The highest BCUT2D eigenvalue weighted by Gasteiger charge is 2.25. The first kappa shape index (κ1) is 27.5. The first-order chi connectivity index (χ1) is 15.0. The molecule has 2 N–H and O–H groups in total. The van der Waals surface area contributed by atoms with Gasteiger partial charge in [0.25, 0.3) is 5.91 Å². The fourth-order valence-electron chi connectivity index (χ4n) is 2.98. The monoisotopic (exact) mass is 485 g/mol. The Balaban J connectivity index is 0.000000751. The number of phenolic OH excluding ortho intramolecular Hbond substituents is 1. The van der Waals surface area contributed by atoms with Gasteiger partial charge in [-0.3, -0.25) is 13.5 Å². The Labute approximate surface area is 193 Å². The molecule has 0 saturated carbocycles. The Morgan fingerprint density at radius 3 is 2.12 bits per heavy atom. The van der Waals surface area contributed by atoms with Gasteiger partial charge >= 0.3 is 0 Å². The molecule has 0 aromatic heterocycles. The van der Waals surface area contributed by atoms with Crippen LogP contribution < -0.4 is 9.91 Å². The Kier molecular flexibility index (Phi) is 10.8. The van der Waals surface area contributed by atoms with E-state index >= 15 is 0 Å². The maximum Gasteiger partial charge on any atom is 0.271 e. The molecule has 0 spiro atoms. The minimum absolute atomic E-state index is 0.143. The third-order valence-electron chi connectivity index (χ3n) is 5.06. The Hall–Kier alpha value is -2.50. The van der Waals surface area contributed by atoms with Crippen molar-refractivity contribution in [2.75, 3.05) is 26.7 Å². The first-order valence-electron chi connectivity index (χ1n) is 9.82. The van der Waals surface area contributed by atoms with Gasteiger partial charge in [0, 0.05) is 28.3 Å². The standard InChI is InChI=1S/C20H24ClN3O2.CH4O4S/c1-4-24(5-2,6-3)18-12-9-16(19(25)13-18)14-22-23-20(26)15-7-10-17(21)11-8-15;1-5-6(2,3)4/h7-14H,4-6H2,1-3H3,(H-,22,23,25,26);1H3,(H,2,3,4). The number of halogens is 1. The van der Waals surface area contributed by atoms with Gasteiger partial charge in [0.05, 0.1) is 33.0 Å². The molecule has 0 aliphatic rings. The average molecular weight is 486 g/mol. The molecule has 2 aromatic rings. The van der Waals surface area contributed by atoms with Crippen molar-refractivity contribution in [2.24, 2.45) is 5.10 Å². The van der Waals surface area contributed by atoms with Crippen molar-refractivity contribution in [3.63, 3.8) is 0 Å². The van der Waals surface area contributed by atoms with Crippen LogP contribution in [0.5, 0.6) is 5.75 Å². The van der Waals surface area contributed by atoms with Crippen molar-refractivity contribution in [2.45, 2.75) is 20.8 Å². The molecule has 32 heavy (non-hydrogen) atoms. The summed E-state index contributed by atoms with van der Waals surface area (Å²) in [5.41, 5.74) is 4.52. The van der Waals surface area contributed by atoms with Crippen LogP contribution in [0.1, 0.15) is 36.7 Å². The van der Waals surface area contributed by atoms with Crippen LogP contribution in [0, 0.1) is 0 Å². The molecule has 0 bridgehead atoms. The lowest BCUT2D eigenvalue weighted by Gasteiger charge is -2.35. The number of nitrogens with one attached hydrogen (secondary N) is 1. The van der Waals surface area contributed by atoms with Gasteiger partial charge in [0.2, 0.25) is 10.4 Å². The zero-order valence-electron chi connectivity index (χ0n) is 18.4. The molecule has 0 radical (unpaired) electrons. The molecule has 0 aliphatic carbocycles. The van der Waals surface area contributed by atoms with E-state index in [1.54, 1.807) is 30.3 Å². The van der Waals surface area contributed by atoms with Gasteiger partial charge in [-0.2, -0.15) is 5.10 Å². The second kappa shape index (κ2) is 12.5. The van der Waals surface area contributed by atoms with Crippen LogP contribution in [-0.4, -0.2) is 56.9 Å². The molecule has 9 nitrogen and oxygen atoms in total. The van der Waals surface area contributed by atoms with Crippen LogP contribution in [0.25, 0.3) is 0 Å². The molecule has 2 rings (SSSR count). The third-order valence-corrected chi connectivity index (χ3v) is 5.72. The van der Waals surface area contributed by atoms with Crippen molar-refractivity contribution in [3.8, 4) is 5.75 Å². The highest BCUT2D eigenvalue weighted by Crippen LogP contribution is 2.28. The Morgan fingerprint density at radius 2 is 1.69 bits per heavy atom. The van der Waals surface area contributed by atoms with E-state index in [4.69, 9.17) is 11.6 Å². The summed E-state index contributed by atoms with van der Waals surface area (Å²) in [4.78, 5) is 12.0. The number of quaternary nitrogens is 1. The maximum absolute atomic E-state index is 12.0. The van der Waals surface area contributed by atoms with E-state index < -0.39 is 10.4 Å². The SMILES string of the molecule is CC[N+](CC)(CC)c1ccc(/C=N/NC(=O)c2ccc(Cl)cc2)c(O)c1.COS(=O)(=O)[O-]. The summed E-state index contributed by atoms with van der Waals surface area (Å²) in [6.07, 6.45) is 1.44. The summed E-state index contributed by atoms with van der Waals surface area (Å²) < 4.78 is 31.8. The van der Waals surface area contributed by atoms with Crippen LogP contribution in [0.4, 0.5) is 5.69 Å². The second-order valence-corrected chi connectivity index (χ2v) is 8.20. The highest BCUT2D eigenvalue weighted by atomic mass is 35.5. The number of hydrogen-bond donors (Lipinski definition) is 2. The zero-order valence-corrected chi connectivity index (χ0v) is 20.0. The van der Waals surface area contributed by atoms with Crippen molar-refractivity contribution in [1.82, 2.24) is 9.91 Å². The van der Waals surface area contributed by atoms with E-state index in [-0.39, 0.29) is 11.7 Å². The number of hydrazone groups is 1. The largest absolute Gasteiger partial charge is 0.726 e. The molecule has 1 amide bonds. The minimum Gasteiger partial charge on any atom is -0.726 e. The van der Waals surface area contributed by atoms with E-state index in [2.05, 4.69) is 35.5 Å². The predicted octanol–water partition coefficient (Wildman–Crippen LogP) is 3.27. The van der Waals surface area contributed by atoms with Gasteiger partial charge in [-0.25, -0.2) is 13.8 Å². The number of nitrogens with zero attached hydrogens (tertiary/aromatic N) is 2. The molecule has 0 saturated heterocycles. The summed E-state index contributed by atoms with van der Waals surface area (Å²) in [6, 6.07) is 12.1. The number of carbonyl (C=O) groups excluding carboxylic acids is 1. The smallest absolute Gasteiger partial charge is 0.271 e. The van der Waals surface area contributed by atoms with E-state index in [9.17, 15) is 22.9 Å². The van der Waals surface area contributed by atoms with Gasteiger partial charge < -0.3 is 9.66 Å². The number of phenols is 1. The highest BCUT2D eigenvalue weighted by molar-refractivity contribution is 7.80. The fraction of sp³-hybridized carbons (Fsp3) is 0.333. The number of hydrogen-bond acceptors (Lipinski definition) is 7. The maximum atomic E-state index is 12.0. The molecule has 0 heterocycles. The molecule has 0 atom stereocenters. The molecule has 0 aliphatic heterocycles. The summed E-state index contributed by atoms with van der Waals surface area (Å²) in [5.74, 6) is -0.197. The van der Waals surface area contributed by atoms with Crippen LogP contribution in [0.2, 0.25) is 5.02 Å². The summed E-state index contributed by atoms with van der Waals surface area (Å²) in [5, 5.41) is 14.8. The number of amides is 1. The van der Waals surface area contributed by atoms with E-state index in [1.807, 2.05) is 12.1 Å². The van der Waals surface area contributed by atoms with Gasteiger partial charge in [0.15, 0.2) is 0 Å². The van der Waals surface area contributed by atoms with Crippen LogP contribution in [-0.2, 0) is 14.6 Å². The molecule has 176 valence electrons. The normalized spacial score (nSPS) is 11.7. The summed E-state index contributed by atoms with van der Waals surface area (Å²) in [7, 11) is -3.60. The molecular weight excluding hydrogens is 458 g/mol. The van der Waals surface area contributed by atoms with Crippen molar-refractivity contribution in [1.29, 1.82) is 0 Å². The van der Waals surface area contributed by atoms with Gasteiger partial charge in [0.1, 0.15) is 11.4 Å². The Bertz CT molecular complexity index is 1010. The van der Waals surface area contributed by atoms with Gasteiger partial charge in [-0.05, 0) is 51.1 Å². The molecular formula is C21H28ClN3O6S. The lowest BCUT2D eigenvalue weighted by Crippen LogP contribution is -2.48. The van der Waals surface area contributed by atoms with E-state index in [0.717, 1.165) is 36.9 Å². The van der Waals surface area contributed by atoms with Gasteiger partial charge in [-0.15, -0.1) is 0 Å². The van der Waals surface area contributed by atoms with Crippen molar-refractivity contribution in [3.05, 3.63) is 58.6 Å². The zero-order chi connectivity index (χ0) is 24.4. The lowest BCUT2D eigenvalue weighted by atomic mass is 10.1. The number of carbonyl (C=O) groups is 1. The van der Waals surface area contributed by atoms with Crippen LogP contribution in [0.15, 0.2) is 47.6 Å². The minimum atomic E-state index is -4.41. The van der Waals surface area contributed by atoms with E-state index in [1.165, 1.54) is 6.21 Å². The summed E-state index contributed by atoms with van der Waals surface area (Å²) in [6.45, 7) is 9.30. The topological polar surface area (TPSA) is 128 Å². The second-order valence-electron chi connectivity index (χ2n) is 6.62. The van der Waals surface area contributed by atoms with Crippen LogP contribution in [0.3, 0.4) is 0 Å². The fourth-order valence-corrected chi connectivity index (χ4v) is 3.11. The summed E-state index contributed by atoms with van der Waals surface area (Å²) >= 11 is 5.80. The number of rotatable bonds is 8. The lowest BCUT2D eigenvalue weighted by molar-refractivity contribution is 0.0955. The predicted molar refractivity (Wildman–Crippen MR) is 125 cm³/mol. The molecule has 0 unspecified atom stereocenters. The number of aromatic hydroxyl groups is 1. The average Bonchev–Trinajstić information content (AvgIpc) is 2.77.